The zero-order valence-corrected chi connectivity index (χ0v) is 9.93. The van der Waals surface area contributed by atoms with Crippen molar-refractivity contribution >= 4 is 0 Å². The number of hydrogen-bond donors (Lipinski definition) is 3. The van der Waals surface area contributed by atoms with E-state index in [9.17, 15) is 5.11 Å². The zero-order valence-electron chi connectivity index (χ0n) is 9.93. The zero-order chi connectivity index (χ0) is 11.2. The molecule has 3 heteroatoms. The van der Waals surface area contributed by atoms with E-state index >= 15 is 0 Å². The maximum absolute atomic E-state index is 10.0. The van der Waals surface area contributed by atoms with Crippen LogP contribution in [0.25, 0.3) is 0 Å². The molecular formula is C11H25NO2. The summed E-state index contributed by atoms with van der Waals surface area (Å²) in [5.74, 6) is 0. The first-order valence-electron chi connectivity index (χ1n) is 5.47. The molecule has 0 spiro atoms. The van der Waals surface area contributed by atoms with Crippen LogP contribution in [-0.2, 0) is 0 Å². The van der Waals surface area contributed by atoms with Crippen molar-refractivity contribution in [1.82, 2.24) is 5.32 Å². The van der Waals surface area contributed by atoms with Crippen LogP contribution in [0.5, 0.6) is 0 Å². The van der Waals surface area contributed by atoms with Gasteiger partial charge in [-0.05, 0) is 33.1 Å². The van der Waals surface area contributed by atoms with Gasteiger partial charge in [0.2, 0.25) is 0 Å². The van der Waals surface area contributed by atoms with E-state index in [1.165, 1.54) is 0 Å². The third-order valence-corrected chi connectivity index (χ3v) is 2.95. The van der Waals surface area contributed by atoms with Gasteiger partial charge in [-0.15, -0.1) is 0 Å². The molecule has 0 rings (SSSR count). The van der Waals surface area contributed by atoms with Crippen LogP contribution < -0.4 is 5.32 Å². The summed E-state index contributed by atoms with van der Waals surface area (Å²) in [6, 6.07) is 0. The molecule has 3 nitrogen and oxygen atoms in total. The van der Waals surface area contributed by atoms with Crippen LogP contribution in [0.3, 0.4) is 0 Å². The van der Waals surface area contributed by atoms with Gasteiger partial charge in [0.15, 0.2) is 0 Å². The molecule has 0 radical (unpaired) electrons. The highest BCUT2D eigenvalue weighted by atomic mass is 16.3. The summed E-state index contributed by atoms with van der Waals surface area (Å²) in [6.45, 7) is 8.82. The molecule has 0 aliphatic carbocycles. The molecule has 0 aromatic carbocycles. The fraction of sp³-hybridized carbons (Fsp3) is 1.00. The van der Waals surface area contributed by atoms with E-state index in [2.05, 4.69) is 5.32 Å². The average Bonchev–Trinajstić information content (AvgIpc) is 2.14. The quantitative estimate of drug-likeness (QED) is 0.584. The van der Waals surface area contributed by atoms with Crippen molar-refractivity contribution in [3.8, 4) is 0 Å². The largest absolute Gasteiger partial charge is 0.396 e. The molecule has 0 saturated heterocycles. The minimum Gasteiger partial charge on any atom is -0.396 e. The summed E-state index contributed by atoms with van der Waals surface area (Å²) < 4.78 is 0. The number of β-amino-alcohol motifs (C(OH)–C–C–N with tert-alkyl or cyclic N) is 1. The fourth-order valence-electron chi connectivity index (χ4n) is 1.27. The lowest BCUT2D eigenvalue weighted by Gasteiger charge is -2.32. The molecule has 0 unspecified atom stereocenters. The molecular weight excluding hydrogens is 178 g/mol. The SMILES string of the molecule is CCC(O)(CC)CNC(C)(C)CCO. The second-order valence-electron chi connectivity index (χ2n) is 4.64. The number of hydrogen-bond acceptors (Lipinski definition) is 3. The molecule has 0 saturated carbocycles. The van der Waals surface area contributed by atoms with Gasteiger partial charge in [-0.25, -0.2) is 0 Å². The van der Waals surface area contributed by atoms with Gasteiger partial charge >= 0.3 is 0 Å². The molecule has 3 N–H and O–H groups in total. The van der Waals surface area contributed by atoms with Crippen LogP contribution in [0.15, 0.2) is 0 Å². The predicted molar refractivity (Wildman–Crippen MR) is 59.3 cm³/mol. The van der Waals surface area contributed by atoms with Gasteiger partial charge in [0.25, 0.3) is 0 Å². The van der Waals surface area contributed by atoms with Crippen LogP contribution in [0.2, 0.25) is 0 Å². The third-order valence-electron chi connectivity index (χ3n) is 2.95. The fourth-order valence-corrected chi connectivity index (χ4v) is 1.27. The van der Waals surface area contributed by atoms with E-state index in [4.69, 9.17) is 5.11 Å². The van der Waals surface area contributed by atoms with Crippen molar-refractivity contribution in [2.75, 3.05) is 13.2 Å². The van der Waals surface area contributed by atoms with E-state index in [0.717, 1.165) is 12.8 Å². The Bertz CT molecular complexity index is 153. The Balaban J connectivity index is 4.02. The first-order chi connectivity index (χ1) is 6.39. The highest BCUT2D eigenvalue weighted by Gasteiger charge is 2.25. The molecule has 0 aliphatic rings. The Labute approximate surface area is 87.5 Å². The van der Waals surface area contributed by atoms with Gasteiger partial charge in [0.05, 0.1) is 5.60 Å². The summed E-state index contributed by atoms with van der Waals surface area (Å²) in [7, 11) is 0. The summed E-state index contributed by atoms with van der Waals surface area (Å²) in [5.41, 5.74) is -0.709. The molecule has 0 amide bonds. The second kappa shape index (κ2) is 5.69. The highest BCUT2D eigenvalue weighted by molar-refractivity contribution is 4.84. The van der Waals surface area contributed by atoms with Crippen molar-refractivity contribution in [3.63, 3.8) is 0 Å². The van der Waals surface area contributed by atoms with E-state index in [-0.39, 0.29) is 12.1 Å². The summed E-state index contributed by atoms with van der Waals surface area (Å²) >= 11 is 0. The monoisotopic (exact) mass is 203 g/mol. The Hall–Kier alpha value is -0.120. The molecule has 0 fully saturated rings. The summed E-state index contributed by atoms with van der Waals surface area (Å²) in [4.78, 5) is 0. The van der Waals surface area contributed by atoms with Crippen LogP contribution in [0, 0.1) is 0 Å². The molecule has 0 aromatic rings. The molecule has 14 heavy (non-hydrogen) atoms. The van der Waals surface area contributed by atoms with Crippen LogP contribution in [-0.4, -0.2) is 34.5 Å². The van der Waals surface area contributed by atoms with Gasteiger partial charge in [-0.3, -0.25) is 0 Å². The number of aliphatic hydroxyl groups is 2. The standard InChI is InChI=1S/C11H25NO2/c1-5-11(14,6-2)9-12-10(3,4)7-8-13/h12-14H,5-9H2,1-4H3. The van der Waals surface area contributed by atoms with E-state index in [1.54, 1.807) is 0 Å². The lowest BCUT2D eigenvalue weighted by Crippen LogP contribution is -2.49. The highest BCUT2D eigenvalue weighted by Crippen LogP contribution is 2.16. The second-order valence-corrected chi connectivity index (χ2v) is 4.64. The normalized spacial score (nSPS) is 13.3. The van der Waals surface area contributed by atoms with Crippen LogP contribution in [0.4, 0.5) is 0 Å². The number of nitrogens with one attached hydrogen (secondary N) is 1. The first-order valence-corrected chi connectivity index (χ1v) is 5.47. The topological polar surface area (TPSA) is 52.5 Å². The van der Waals surface area contributed by atoms with Gasteiger partial charge in [0, 0.05) is 18.7 Å². The smallest absolute Gasteiger partial charge is 0.0766 e. The van der Waals surface area contributed by atoms with Crippen molar-refractivity contribution in [1.29, 1.82) is 0 Å². The molecule has 0 atom stereocenters. The minimum absolute atomic E-state index is 0.104. The van der Waals surface area contributed by atoms with Crippen molar-refractivity contribution in [2.45, 2.75) is 58.1 Å². The lowest BCUT2D eigenvalue weighted by molar-refractivity contribution is 0.0243. The van der Waals surface area contributed by atoms with Crippen molar-refractivity contribution < 1.29 is 10.2 Å². The summed E-state index contributed by atoms with van der Waals surface area (Å²) in [6.07, 6.45) is 2.22. The van der Waals surface area contributed by atoms with E-state index in [1.807, 2.05) is 27.7 Å². The van der Waals surface area contributed by atoms with Crippen LogP contribution >= 0.6 is 0 Å². The predicted octanol–water partition coefficient (Wildman–Crippen LogP) is 1.29. The third kappa shape index (κ3) is 4.94. The van der Waals surface area contributed by atoms with E-state index in [0.29, 0.717) is 13.0 Å². The Morgan fingerprint density at radius 3 is 2.00 bits per heavy atom. The van der Waals surface area contributed by atoms with Crippen molar-refractivity contribution in [2.24, 2.45) is 0 Å². The minimum atomic E-state index is -0.604. The Morgan fingerprint density at radius 1 is 1.14 bits per heavy atom. The first kappa shape index (κ1) is 13.9. The molecule has 0 aromatic heterocycles. The van der Waals surface area contributed by atoms with Gasteiger partial charge in [-0.1, -0.05) is 13.8 Å². The van der Waals surface area contributed by atoms with E-state index < -0.39 is 5.60 Å². The maximum Gasteiger partial charge on any atom is 0.0766 e. The van der Waals surface area contributed by atoms with Gasteiger partial charge in [0.1, 0.15) is 0 Å². The molecule has 0 bridgehead atoms. The van der Waals surface area contributed by atoms with Crippen molar-refractivity contribution in [3.05, 3.63) is 0 Å². The molecule has 0 aliphatic heterocycles. The Morgan fingerprint density at radius 2 is 1.64 bits per heavy atom. The maximum atomic E-state index is 10.0. The summed E-state index contributed by atoms with van der Waals surface area (Å²) in [5, 5.41) is 22.2. The molecule has 86 valence electrons. The lowest BCUT2D eigenvalue weighted by atomic mass is 9.94. The van der Waals surface area contributed by atoms with Gasteiger partial charge in [-0.2, -0.15) is 0 Å². The molecule has 0 heterocycles. The number of rotatable bonds is 7. The Kier molecular flexibility index (Phi) is 5.64. The number of aliphatic hydroxyl groups excluding tert-OH is 1. The van der Waals surface area contributed by atoms with Gasteiger partial charge < -0.3 is 15.5 Å². The average molecular weight is 203 g/mol. The van der Waals surface area contributed by atoms with Crippen LogP contribution in [0.1, 0.15) is 47.0 Å².